The largest absolute Gasteiger partial charge is 0.496 e. The van der Waals surface area contributed by atoms with Gasteiger partial charge in [-0.2, -0.15) is 0 Å². The molecule has 0 spiro atoms. The number of nitrogens with zero attached hydrogens (tertiary/aromatic N) is 1. The molecule has 1 aromatic carbocycles. The predicted molar refractivity (Wildman–Crippen MR) is 80.8 cm³/mol. The molecule has 1 atom stereocenters. The van der Waals surface area contributed by atoms with E-state index in [4.69, 9.17) is 4.74 Å². The quantitative estimate of drug-likeness (QED) is 0.924. The fourth-order valence-electron chi connectivity index (χ4n) is 3.43. The fourth-order valence-corrected chi connectivity index (χ4v) is 3.43. The SMILES string of the molecule is COc1ccccc1C1(C(=O)N2CCCC(C(=O)O)C2)CC1. The lowest BCUT2D eigenvalue weighted by Gasteiger charge is -2.34. The maximum absolute atomic E-state index is 13.0. The van der Waals surface area contributed by atoms with Gasteiger partial charge in [0.2, 0.25) is 5.91 Å². The summed E-state index contributed by atoms with van der Waals surface area (Å²) in [7, 11) is 1.61. The van der Waals surface area contributed by atoms with Crippen LogP contribution in [0.5, 0.6) is 5.75 Å². The first-order chi connectivity index (χ1) is 10.6. The van der Waals surface area contributed by atoms with Crippen LogP contribution in [0.15, 0.2) is 24.3 Å². The molecule has 5 nitrogen and oxygen atoms in total. The number of para-hydroxylation sites is 1. The number of aliphatic carboxylic acids is 1. The first-order valence-corrected chi connectivity index (χ1v) is 7.74. The summed E-state index contributed by atoms with van der Waals surface area (Å²) in [6, 6.07) is 7.63. The molecule has 1 unspecified atom stereocenters. The topological polar surface area (TPSA) is 66.8 Å². The van der Waals surface area contributed by atoms with Gasteiger partial charge in [-0.15, -0.1) is 0 Å². The van der Waals surface area contributed by atoms with E-state index >= 15 is 0 Å². The van der Waals surface area contributed by atoms with E-state index in [0.717, 1.165) is 30.6 Å². The van der Waals surface area contributed by atoms with Crippen molar-refractivity contribution in [1.29, 1.82) is 0 Å². The van der Waals surface area contributed by atoms with E-state index in [1.807, 2.05) is 24.3 Å². The van der Waals surface area contributed by atoms with Gasteiger partial charge in [0, 0.05) is 18.7 Å². The highest BCUT2D eigenvalue weighted by Gasteiger charge is 2.54. The minimum absolute atomic E-state index is 0.0583. The van der Waals surface area contributed by atoms with Gasteiger partial charge < -0.3 is 14.7 Å². The average Bonchev–Trinajstić information content (AvgIpc) is 3.36. The van der Waals surface area contributed by atoms with Crippen molar-refractivity contribution in [2.75, 3.05) is 20.2 Å². The summed E-state index contributed by atoms with van der Waals surface area (Å²) >= 11 is 0. The highest BCUT2D eigenvalue weighted by molar-refractivity contribution is 5.92. The number of carbonyl (C=O) groups is 2. The van der Waals surface area contributed by atoms with Crippen molar-refractivity contribution >= 4 is 11.9 Å². The third-order valence-electron chi connectivity index (χ3n) is 4.84. The van der Waals surface area contributed by atoms with Gasteiger partial charge in [0.1, 0.15) is 5.75 Å². The number of carbonyl (C=O) groups excluding carboxylic acids is 1. The second-order valence-electron chi connectivity index (χ2n) is 6.21. The minimum atomic E-state index is -0.806. The molecule has 0 radical (unpaired) electrons. The summed E-state index contributed by atoms with van der Waals surface area (Å²) in [5, 5.41) is 9.20. The predicted octanol–water partition coefficient (Wildman–Crippen LogP) is 2.05. The number of methoxy groups -OCH3 is 1. The molecule has 1 saturated carbocycles. The zero-order chi connectivity index (χ0) is 15.7. The Morgan fingerprint density at radius 2 is 2.05 bits per heavy atom. The van der Waals surface area contributed by atoms with Gasteiger partial charge in [-0.25, -0.2) is 0 Å². The number of ether oxygens (including phenoxy) is 1. The van der Waals surface area contributed by atoms with Crippen LogP contribution < -0.4 is 4.74 Å². The number of likely N-dealkylation sites (tertiary alicyclic amines) is 1. The van der Waals surface area contributed by atoms with Gasteiger partial charge in [-0.3, -0.25) is 9.59 Å². The van der Waals surface area contributed by atoms with Gasteiger partial charge in [0.05, 0.1) is 18.4 Å². The van der Waals surface area contributed by atoms with Crippen LogP contribution in [0.4, 0.5) is 0 Å². The van der Waals surface area contributed by atoms with Gasteiger partial charge in [0.25, 0.3) is 0 Å². The van der Waals surface area contributed by atoms with Gasteiger partial charge in [-0.05, 0) is 31.7 Å². The lowest BCUT2D eigenvalue weighted by Crippen LogP contribution is -2.46. The van der Waals surface area contributed by atoms with Crippen molar-refractivity contribution in [1.82, 2.24) is 4.90 Å². The lowest BCUT2D eigenvalue weighted by molar-refractivity contribution is -0.146. The highest BCUT2D eigenvalue weighted by atomic mass is 16.5. The zero-order valence-electron chi connectivity index (χ0n) is 12.7. The molecule has 1 aliphatic carbocycles. The second kappa shape index (κ2) is 5.63. The Morgan fingerprint density at radius 3 is 2.68 bits per heavy atom. The Hall–Kier alpha value is -2.04. The number of carboxylic acid groups (broad SMARTS) is 1. The van der Waals surface area contributed by atoms with Crippen molar-refractivity contribution in [3.63, 3.8) is 0 Å². The van der Waals surface area contributed by atoms with E-state index < -0.39 is 17.3 Å². The summed E-state index contributed by atoms with van der Waals surface area (Å²) in [6.45, 7) is 0.977. The molecule has 0 bridgehead atoms. The van der Waals surface area contributed by atoms with Crippen LogP contribution >= 0.6 is 0 Å². The van der Waals surface area contributed by atoms with Crippen molar-refractivity contribution in [3.05, 3.63) is 29.8 Å². The van der Waals surface area contributed by atoms with E-state index in [1.165, 1.54) is 0 Å². The van der Waals surface area contributed by atoms with Crippen LogP contribution in [0, 0.1) is 5.92 Å². The molecule has 1 N–H and O–H groups in total. The summed E-state index contributed by atoms with van der Waals surface area (Å²) in [5.74, 6) is -0.450. The molecule has 2 fully saturated rings. The van der Waals surface area contributed by atoms with E-state index in [2.05, 4.69) is 0 Å². The van der Waals surface area contributed by atoms with Crippen molar-refractivity contribution in [3.8, 4) is 5.75 Å². The number of benzene rings is 1. The second-order valence-corrected chi connectivity index (χ2v) is 6.21. The summed E-state index contributed by atoms with van der Waals surface area (Å²) in [4.78, 5) is 25.9. The van der Waals surface area contributed by atoms with Crippen LogP contribution in [0.2, 0.25) is 0 Å². The Balaban J connectivity index is 1.83. The maximum atomic E-state index is 13.0. The first-order valence-electron chi connectivity index (χ1n) is 7.74. The van der Waals surface area contributed by atoms with Crippen molar-refractivity contribution in [2.24, 2.45) is 5.92 Å². The van der Waals surface area contributed by atoms with Gasteiger partial charge >= 0.3 is 5.97 Å². The molecule has 1 amide bonds. The third kappa shape index (κ3) is 2.45. The third-order valence-corrected chi connectivity index (χ3v) is 4.84. The monoisotopic (exact) mass is 303 g/mol. The molecule has 0 aromatic heterocycles. The van der Waals surface area contributed by atoms with Crippen LogP contribution in [-0.2, 0) is 15.0 Å². The Bertz CT molecular complexity index is 594. The number of carboxylic acids is 1. The smallest absolute Gasteiger partial charge is 0.308 e. The van der Waals surface area contributed by atoms with Crippen molar-refractivity contribution in [2.45, 2.75) is 31.1 Å². The van der Waals surface area contributed by atoms with E-state index in [-0.39, 0.29) is 5.91 Å². The Kier molecular flexibility index (Phi) is 3.81. The number of piperidine rings is 1. The molecule has 1 saturated heterocycles. The lowest BCUT2D eigenvalue weighted by atomic mass is 9.91. The molecular weight excluding hydrogens is 282 g/mol. The number of amides is 1. The molecule has 2 aliphatic rings. The molecule has 118 valence electrons. The molecule has 22 heavy (non-hydrogen) atoms. The highest BCUT2D eigenvalue weighted by Crippen LogP contribution is 2.52. The normalized spacial score (nSPS) is 23.0. The molecule has 5 heteroatoms. The molecule has 1 heterocycles. The number of rotatable bonds is 4. The number of hydrogen-bond acceptors (Lipinski definition) is 3. The Labute approximate surface area is 129 Å². The fraction of sp³-hybridized carbons (Fsp3) is 0.529. The molecule has 1 aliphatic heterocycles. The van der Waals surface area contributed by atoms with E-state index in [0.29, 0.717) is 19.5 Å². The summed E-state index contributed by atoms with van der Waals surface area (Å²) in [6.07, 6.45) is 3.02. The molecule has 3 rings (SSSR count). The minimum Gasteiger partial charge on any atom is -0.496 e. The first kappa shape index (κ1) is 14.9. The Morgan fingerprint density at radius 1 is 1.32 bits per heavy atom. The van der Waals surface area contributed by atoms with Crippen molar-refractivity contribution < 1.29 is 19.4 Å². The van der Waals surface area contributed by atoms with Gasteiger partial charge in [-0.1, -0.05) is 18.2 Å². The van der Waals surface area contributed by atoms with Crippen LogP contribution in [0.3, 0.4) is 0 Å². The average molecular weight is 303 g/mol. The zero-order valence-corrected chi connectivity index (χ0v) is 12.7. The molecular formula is C17H21NO4. The number of hydrogen-bond donors (Lipinski definition) is 1. The van der Waals surface area contributed by atoms with Crippen LogP contribution in [0.1, 0.15) is 31.2 Å². The summed E-state index contributed by atoms with van der Waals surface area (Å²) < 4.78 is 5.40. The van der Waals surface area contributed by atoms with E-state index in [9.17, 15) is 14.7 Å². The van der Waals surface area contributed by atoms with E-state index in [1.54, 1.807) is 12.0 Å². The maximum Gasteiger partial charge on any atom is 0.308 e. The van der Waals surface area contributed by atoms with Crippen LogP contribution in [0.25, 0.3) is 0 Å². The van der Waals surface area contributed by atoms with Gasteiger partial charge in [0.15, 0.2) is 0 Å². The molecule has 1 aromatic rings. The summed E-state index contributed by atoms with van der Waals surface area (Å²) in [5.41, 5.74) is 0.424. The van der Waals surface area contributed by atoms with Crippen LogP contribution in [-0.4, -0.2) is 42.1 Å². The standard InChI is InChI=1S/C17H21NO4/c1-22-14-7-3-2-6-13(14)17(8-9-17)16(21)18-10-4-5-12(11-18)15(19)20/h2-3,6-7,12H,4-5,8-11H2,1H3,(H,19,20).